The highest BCUT2D eigenvalue weighted by atomic mass is 16.5. The molecule has 2 heteroatoms. The Kier molecular flexibility index (Phi) is 3.66. The maximum Gasteiger partial charge on any atom is 0.122 e. The molecule has 1 N–H and O–H groups in total. The summed E-state index contributed by atoms with van der Waals surface area (Å²) in [4.78, 5) is 0. The van der Waals surface area contributed by atoms with Gasteiger partial charge in [-0.2, -0.15) is 0 Å². The fourth-order valence-electron chi connectivity index (χ4n) is 1.71. The van der Waals surface area contributed by atoms with E-state index in [1.165, 1.54) is 0 Å². The zero-order valence-corrected chi connectivity index (χ0v) is 9.89. The average molecular weight is 228 g/mol. The number of phenolic OH excluding ortho intramolecular Hbond substituents is 1. The minimum Gasteiger partial charge on any atom is -0.508 e. The molecule has 0 saturated heterocycles. The van der Waals surface area contributed by atoms with E-state index in [1.54, 1.807) is 6.07 Å². The van der Waals surface area contributed by atoms with E-state index in [0.717, 1.165) is 16.9 Å². The van der Waals surface area contributed by atoms with Crippen LogP contribution in [0.5, 0.6) is 11.5 Å². The lowest BCUT2D eigenvalue weighted by atomic mass is 10.1. The summed E-state index contributed by atoms with van der Waals surface area (Å²) in [6.07, 6.45) is 0.709. The minimum absolute atomic E-state index is 0.334. The maximum atomic E-state index is 9.61. The Bertz CT molecular complexity index is 446. The van der Waals surface area contributed by atoms with Gasteiger partial charge >= 0.3 is 0 Å². The summed E-state index contributed by atoms with van der Waals surface area (Å²) >= 11 is 0. The standard InChI is InChI=1S/C15H16O2/c1-12-6-2-5-9-15(12)17-11-10-13-7-3-4-8-14(13)16/h2-9,16H,10-11H2,1H3. The van der Waals surface area contributed by atoms with E-state index in [9.17, 15) is 5.11 Å². The normalized spacial score (nSPS) is 10.2. The van der Waals surface area contributed by atoms with Crippen LogP contribution in [0.1, 0.15) is 11.1 Å². The highest BCUT2D eigenvalue weighted by Gasteiger charge is 2.01. The second-order valence-corrected chi connectivity index (χ2v) is 3.99. The van der Waals surface area contributed by atoms with Gasteiger partial charge < -0.3 is 9.84 Å². The van der Waals surface area contributed by atoms with Crippen LogP contribution in [0.3, 0.4) is 0 Å². The van der Waals surface area contributed by atoms with Crippen LogP contribution in [-0.2, 0) is 6.42 Å². The van der Waals surface area contributed by atoms with Gasteiger partial charge in [0.05, 0.1) is 6.61 Å². The van der Waals surface area contributed by atoms with E-state index in [1.807, 2.05) is 49.4 Å². The fourth-order valence-corrected chi connectivity index (χ4v) is 1.71. The van der Waals surface area contributed by atoms with Crippen LogP contribution in [0.2, 0.25) is 0 Å². The fraction of sp³-hybridized carbons (Fsp3) is 0.200. The van der Waals surface area contributed by atoms with Gasteiger partial charge in [0.1, 0.15) is 11.5 Å². The molecule has 0 fully saturated rings. The molecular weight excluding hydrogens is 212 g/mol. The number of ether oxygens (including phenoxy) is 1. The van der Waals surface area contributed by atoms with E-state index < -0.39 is 0 Å². The lowest BCUT2D eigenvalue weighted by Crippen LogP contribution is -2.02. The van der Waals surface area contributed by atoms with Crippen molar-refractivity contribution in [2.45, 2.75) is 13.3 Å². The molecule has 0 spiro atoms. The van der Waals surface area contributed by atoms with Crippen molar-refractivity contribution in [2.24, 2.45) is 0 Å². The van der Waals surface area contributed by atoms with Gasteiger partial charge in [-0.3, -0.25) is 0 Å². The molecule has 2 aromatic carbocycles. The van der Waals surface area contributed by atoms with Gasteiger partial charge in [-0.1, -0.05) is 36.4 Å². The lowest BCUT2D eigenvalue weighted by Gasteiger charge is -2.09. The van der Waals surface area contributed by atoms with Gasteiger partial charge in [-0.05, 0) is 30.2 Å². The first kappa shape index (κ1) is 11.5. The first-order valence-electron chi connectivity index (χ1n) is 5.72. The monoisotopic (exact) mass is 228 g/mol. The molecule has 0 aromatic heterocycles. The van der Waals surface area contributed by atoms with Crippen molar-refractivity contribution in [3.8, 4) is 11.5 Å². The zero-order chi connectivity index (χ0) is 12.1. The average Bonchev–Trinajstić information content (AvgIpc) is 2.34. The van der Waals surface area contributed by atoms with Crippen LogP contribution in [0, 0.1) is 6.92 Å². The Morgan fingerprint density at radius 3 is 2.47 bits per heavy atom. The Balaban J connectivity index is 1.93. The maximum absolute atomic E-state index is 9.61. The summed E-state index contributed by atoms with van der Waals surface area (Å²) in [5.41, 5.74) is 2.05. The largest absolute Gasteiger partial charge is 0.508 e. The summed E-state index contributed by atoms with van der Waals surface area (Å²) in [5.74, 6) is 1.24. The van der Waals surface area contributed by atoms with Crippen molar-refractivity contribution in [1.82, 2.24) is 0 Å². The van der Waals surface area contributed by atoms with Crippen LogP contribution in [0.25, 0.3) is 0 Å². The van der Waals surface area contributed by atoms with Crippen molar-refractivity contribution in [2.75, 3.05) is 6.61 Å². The number of para-hydroxylation sites is 2. The van der Waals surface area contributed by atoms with Crippen LogP contribution >= 0.6 is 0 Å². The molecule has 0 aliphatic heterocycles. The summed E-state index contributed by atoms with van der Waals surface area (Å²) in [6, 6.07) is 15.3. The van der Waals surface area contributed by atoms with Crippen LogP contribution in [0.4, 0.5) is 0 Å². The Labute approximate surface area is 101 Å². The number of benzene rings is 2. The molecule has 0 heterocycles. The Hall–Kier alpha value is -1.96. The molecule has 0 bridgehead atoms. The van der Waals surface area contributed by atoms with E-state index in [-0.39, 0.29) is 0 Å². The number of rotatable bonds is 4. The zero-order valence-electron chi connectivity index (χ0n) is 9.89. The molecule has 0 aliphatic carbocycles. The van der Waals surface area contributed by atoms with Gasteiger partial charge in [-0.25, -0.2) is 0 Å². The third-order valence-electron chi connectivity index (χ3n) is 2.71. The minimum atomic E-state index is 0.334. The molecule has 88 valence electrons. The molecule has 0 saturated carbocycles. The SMILES string of the molecule is Cc1ccccc1OCCc1ccccc1O. The highest BCUT2D eigenvalue weighted by molar-refractivity contribution is 5.33. The van der Waals surface area contributed by atoms with Crippen molar-refractivity contribution >= 4 is 0 Å². The molecule has 0 aliphatic rings. The van der Waals surface area contributed by atoms with Gasteiger partial charge in [0.15, 0.2) is 0 Å². The number of aromatic hydroxyl groups is 1. The molecular formula is C15H16O2. The van der Waals surface area contributed by atoms with E-state index in [4.69, 9.17) is 4.74 Å². The van der Waals surface area contributed by atoms with Crippen molar-refractivity contribution in [1.29, 1.82) is 0 Å². The van der Waals surface area contributed by atoms with Gasteiger partial charge in [-0.15, -0.1) is 0 Å². The van der Waals surface area contributed by atoms with E-state index in [0.29, 0.717) is 18.8 Å². The third kappa shape index (κ3) is 3.00. The summed E-state index contributed by atoms with van der Waals surface area (Å²) in [5, 5.41) is 9.61. The van der Waals surface area contributed by atoms with E-state index in [2.05, 4.69) is 0 Å². The Morgan fingerprint density at radius 2 is 1.71 bits per heavy atom. The Morgan fingerprint density at radius 1 is 1.00 bits per heavy atom. The molecule has 2 aromatic rings. The molecule has 2 nitrogen and oxygen atoms in total. The predicted octanol–water partition coefficient (Wildman–Crippen LogP) is 3.32. The van der Waals surface area contributed by atoms with Crippen LogP contribution in [-0.4, -0.2) is 11.7 Å². The first-order valence-corrected chi connectivity index (χ1v) is 5.72. The number of phenols is 1. The topological polar surface area (TPSA) is 29.5 Å². The lowest BCUT2D eigenvalue weighted by molar-refractivity contribution is 0.317. The summed E-state index contributed by atoms with van der Waals surface area (Å²) in [7, 11) is 0. The van der Waals surface area contributed by atoms with Crippen LogP contribution < -0.4 is 4.74 Å². The van der Waals surface area contributed by atoms with Crippen molar-refractivity contribution in [3.05, 3.63) is 59.7 Å². The first-order chi connectivity index (χ1) is 8.27. The number of hydrogen-bond donors (Lipinski definition) is 1. The summed E-state index contributed by atoms with van der Waals surface area (Å²) < 4.78 is 5.68. The number of aryl methyl sites for hydroxylation is 1. The van der Waals surface area contributed by atoms with Crippen molar-refractivity contribution < 1.29 is 9.84 Å². The van der Waals surface area contributed by atoms with Gasteiger partial charge in [0, 0.05) is 6.42 Å². The number of hydrogen-bond acceptors (Lipinski definition) is 2. The van der Waals surface area contributed by atoms with Crippen molar-refractivity contribution in [3.63, 3.8) is 0 Å². The predicted molar refractivity (Wildman–Crippen MR) is 68.5 cm³/mol. The van der Waals surface area contributed by atoms with Gasteiger partial charge in [0.25, 0.3) is 0 Å². The molecule has 2 rings (SSSR count). The third-order valence-corrected chi connectivity index (χ3v) is 2.71. The molecule has 0 unspecified atom stereocenters. The molecule has 0 atom stereocenters. The van der Waals surface area contributed by atoms with E-state index >= 15 is 0 Å². The quantitative estimate of drug-likeness (QED) is 0.869. The summed E-state index contributed by atoms with van der Waals surface area (Å²) in [6.45, 7) is 2.59. The molecule has 0 amide bonds. The molecule has 17 heavy (non-hydrogen) atoms. The highest BCUT2D eigenvalue weighted by Crippen LogP contribution is 2.19. The smallest absolute Gasteiger partial charge is 0.122 e. The van der Waals surface area contributed by atoms with Crippen LogP contribution in [0.15, 0.2) is 48.5 Å². The second kappa shape index (κ2) is 5.39. The second-order valence-electron chi connectivity index (χ2n) is 3.99. The molecule has 0 radical (unpaired) electrons. The van der Waals surface area contributed by atoms with Gasteiger partial charge in [0.2, 0.25) is 0 Å².